The second-order valence-electron chi connectivity index (χ2n) is 7.92. The van der Waals surface area contributed by atoms with Crippen molar-refractivity contribution in [1.82, 2.24) is 0 Å². The molecule has 0 aliphatic carbocycles. The van der Waals surface area contributed by atoms with Crippen LogP contribution in [0.15, 0.2) is 60.7 Å². The zero-order valence-electron chi connectivity index (χ0n) is 17.2. The smallest absolute Gasteiger partial charge is 0.264 e. The maximum Gasteiger partial charge on any atom is 0.264 e. The molecule has 0 saturated heterocycles. The molecular formula is C25H21Cl2NO3. The Bertz CT molecular complexity index is 1210. The zero-order valence-corrected chi connectivity index (χ0v) is 18.7. The van der Waals surface area contributed by atoms with Crippen LogP contribution in [0.1, 0.15) is 39.0 Å². The van der Waals surface area contributed by atoms with Crippen molar-refractivity contribution < 1.29 is 14.7 Å². The van der Waals surface area contributed by atoms with E-state index in [1.54, 1.807) is 29.2 Å². The van der Waals surface area contributed by atoms with Crippen LogP contribution >= 0.6 is 23.2 Å². The van der Waals surface area contributed by atoms with Crippen molar-refractivity contribution in [3.63, 3.8) is 0 Å². The van der Waals surface area contributed by atoms with E-state index in [9.17, 15) is 14.7 Å². The van der Waals surface area contributed by atoms with Crippen LogP contribution in [0.2, 0.25) is 10.0 Å². The fourth-order valence-electron chi connectivity index (χ4n) is 4.02. The number of aliphatic hydroxyl groups is 1. The third-order valence-electron chi connectivity index (χ3n) is 5.72. The number of nitrogens with zero attached hydrogens (tertiary/aromatic N) is 1. The summed E-state index contributed by atoms with van der Waals surface area (Å²) in [6.07, 6.45) is -0.409. The molecule has 1 aliphatic heterocycles. The standard InChI is InChI=1S/C25H21Cl2NO3/c1-15-7-8-16(2)17(11-15)14-28-22-6-4-3-5-20(22)25(31,24(28)30)13-23(29)19-10-9-18(26)12-21(19)27/h3-12,31H,13-14H2,1-2H3. The van der Waals surface area contributed by atoms with Crippen molar-refractivity contribution in [3.8, 4) is 0 Å². The maximum atomic E-state index is 13.5. The van der Waals surface area contributed by atoms with Crippen LogP contribution in [-0.4, -0.2) is 16.8 Å². The highest BCUT2D eigenvalue weighted by atomic mass is 35.5. The largest absolute Gasteiger partial charge is 0.375 e. The lowest BCUT2D eigenvalue weighted by molar-refractivity contribution is -0.136. The minimum atomic E-state index is -1.96. The molecule has 0 fully saturated rings. The number of Topliss-reactive ketones (excluding diaryl/α,β-unsaturated/α-hetero) is 1. The first-order chi connectivity index (χ1) is 14.7. The number of fused-ring (bicyclic) bond motifs is 1. The van der Waals surface area contributed by atoms with Gasteiger partial charge in [-0.15, -0.1) is 0 Å². The van der Waals surface area contributed by atoms with Gasteiger partial charge in [-0.2, -0.15) is 0 Å². The fraction of sp³-hybridized carbons (Fsp3) is 0.200. The summed E-state index contributed by atoms with van der Waals surface area (Å²) >= 11 is 12.1. The van der Waals surface area contributed by atoms with Crippen molar-refractivity contribution in [1.29, 1.82) is 0 Å². The molecule has 3 aromatic rings. The van der Waals surface area contributed by atoms with E-state index < -0.39 is 23.7 Å². The number of ketones is 1. The van der Waals surface area contributed by atoms with Crippen molar-refractivity contribution >= 4 is 40.6 Å². The number of hydrogen-bond donors (Lipinski definition) is 1. The highest BCUT2D eigenvalue weighted by Crippen LogP contribution is 2.44. The predicted molar refractivity (Wildman–Crippen MR) is 123 cm³/mol. The van der Waals surface area contributed by atoms with Gasteiger partial charge in [-0.25, -0.2) is 0 Å². The average molecular weight is 454 g/mol. The SMILES string of the molecule is Cc1ccc(C)c(CN2C(=O)C(O)(CC(=O)c3ccc(Cl)cc3Cl)c3ccccc32)c1. The Morgan fingerprint density at radius 2 is 1.77 bits per heavy atom. The molecule has 0 bridgehead atoms. The van der Waals surface area contributed by atoms with Gasteiger partial charge in [0.25, 0.3) is 5.91 Å². The van der Waals surface area contributed by atoms with E-state index >= 15 is 0 Å². The van der Waals surface area contributed by atoms with Crippen molar-refractivity contribution in [3.05, 3.63) is 98.5 Å². The predicted octanol–water partition coefficient (Wildman–Crippen LogP) is 5.62. The lowest BCUT2D eigenvalue weighted by Gasteiger charge is -2.23. The second kappa shape index (κ2) is 8.12. The minimum Gasteiger partial charge on any atom is -0.375 e. The molecule has 1 unspecified atom stereocenters. The Labute approximate surface area is 191 Å². The number of rotatable bonds is 5. The summed E-state index contributed by atoms with van der Waals surface area (Å²) in [6, 6.07) is 17.6. The number of carbonyl (C=O) groups excluding carboxylic acids is 2. The summed E-state index contributed by atoms with van der Waals surface area (Å²) in [5, 5.41) is 12.1. The topological polar surface area (TPSA) is 57.6 Å². The van der Waals surface area contributed by atoms with Crippen molar-refractivity contribution in [2.75, 3.05) is 4.90 Å². The molecule has 0 aromatic heterocycles. The van der Waals surface area contributed by atoms with Crippen molar-refractivity contribution in [2.24, 2.45) is 0 Å². The quantitative estimate of drug-likeness (QED) is 0.510. The summed E-state index contributed by atoms with van der Waals surface area (Å²) in [5.74, 6) is -0.950. The number of halogens is 2. The molecule has 4 nitrogen and oxygen atoms in total. The Kier molecular flexibility index (Phi) is 5.65. The normalized spacial score (nSPS) is 17.7. The van der Waals surface area contributed by atoms with Gasteiger partial charge < -0.3 is 10.0 Å². The molecule has 3 aromatic carbocycles. The number of carbonyl (C=O) groups is 2. The van der Waals surface area contributed by atoms with Crippen LogP contribution in [0.4, 0.5) is 5.69 Å². The monoisotopic (exact) mass is 453 g/mol. The molecule has 1 atom stereocenters. The number of amides is 1. The molecule has 6 heteroatoms. The molecule has 0 saturated carbocycles. The van der Waals surface area contributed by atoms with Gasteiger partial charge in [-0.1, -0.05) is 65.2 Å². The van der Waals surface area contributed by atoms with Crippen molar-refractivity contribution in [2.45, 2.75) is 32.4 Å². The highest BCUT2D eigenvalue weighted by molar-refractivity contribution is 6.37. The summed E-state index contributed by atoms with van der Waals surface area (Å²) < 4.78 is 0. The maximum absolute atomic E-state index is 13.5. The van der Waals surface area contributed by atoms with Gasteiger partial charge in [-0.05, 0) is 49.2 Å². The first-order valence-electron chi connectivity index (χ1n) is 9.89. The van der Waals surface area contributed by atoms with E-state index in [-0.39, 0.29) is 10.6 Å². The average Bonchev–Trinajstić information content (AvgIpc) is 2.92. The summed E-state index contributed by atoms with van der Waals surface area (Å²) in [7, 11) is 0. The van der Waals surface area contributed by atoms with Gasteiger partial charge >= 0.3 is 0 Å². The van der Waals surface area contributed by atoms with Crippen LogP contribution in [-0.2, 0) is 16.9 Å². The van der Waals surface area contributed by atoms with E-state index in [0.29, 0.717) is 22.8 Å². The summed E-state index contributed by atoms with van der Waals surface area (Å²) in [6.45, 7) is 4.29. The molecule has 31 heavy (non-hydrogen) atoms. The Morgan fingerprint density at radius 3 is 2.52 bits per heavy atom. The highest BCUT2D eigenvalue weighted by Gasteiger charge is 2.50. The van der Waals surface area contributed by atoms with Crippen LogP contribution in [0, 0.1) is 13.8 Å². The third kappa shape index (κ3) is 3.87. The van der Waals surface area contributed by atoms with E-state index in [4.69, 9.17) is 23.2 Å². The minimum absolute atomic E-state index is 0.187. The van der Waals surface area contributed by atoms with E-state index in [1.807, 2.05) is 38.1 Å². The number of aryl methyl sites for hydroxylation is 2. The van der Waals surface area contributed by atoms with Gasteiger partial charge in [0.05, 0.1) is 23.7 Å². The summed E-state index contributed by atoms with van der Waals surface area (Å²) in [4.78, 5) is 28.0. The number of hydrogen-bond acceptors (Lipinski definition) is 3. The lowest BCUT2D eigenvalue weighted by Crippen LogP contribution is -2.41. The first kappa shape index (κ1) is 21.6. The lowest BCUT2D eigenvalue weighted by atomic mass is 9.88. The van der Waals surface area contributed by atoms with Gasteiger partial charge in [-0.3, -0.25) is 9.59 Å². The molecule has 1 aliphatic rings. The Hall–Kier alpha value is -2.66. The zero-order chi connectivity index (χ0) is 22.3. The molecule has 1 heterocycles. The number of benzene rings is 3. The number of para-hydroxylation sites is 1. The molecule has 0 radical (unpaired) electrons. The second-order valence-corrected chi connectivity index (χ2v) is 8.77. The van der Waals surface area contributed by atoms with Gasteiger partial charge in [0.15, 0.2) is 11.4 Å². The van der Waals surface area contributed by atoms with Crippen LogP contribution in [0.25, 0.3) is 0 Å². The van der Waals surface area contributed by atoms with E-state index in [2.05, 4.69) is 0 Å². The molecule has 4 rings (SSSR count). The summed E-state index contributed by atoms with van der Waals surface area (Å²) in [5.41, 5.74) is 2.40. The van der Waals surface area contributed by atoms with Gasteiger partial charge in [0.2, 0.25) is 0 Å². The Balaban J connectivity index is 1.71. The molecule has 158 valence electrons. The fourth-order valence-corrected chi connectivity index (χ4v) is 4.53. The molecule has 0 spiro atoms. The van der Waals surface area contributed by atoms with Crippen LogP contribution in [0.3, 0.4) is 0 Å². The number of anilines is 1. The third-order valence-corrected chi connectivity index (χ3v) is 6.27. The Morgan fingerprint density at radius 1 is 1.03 bits per heavy atom. The van der Waals surface area contributed by atoms with Crippen LogP contribution < -0.4 is 4.90 Å². The van der Waals surface area contributed by atoms with Gasteiger partial charge in [0.1, 0.15) is 0 Å². The van der Waals surface area contributed by atoms with Crippen LogP contribution in [0.5, 0.6) is 0 Å². The molecular weight excluding hydrogens is 433 g/mol. The molecule has 1 amide bonds. The first-order valence-corrected chi connectivity index (χ1v) is 10.6. The van der Waals surface area contributed by atoms with Gasteiger partial charge in [0, 0.05) is 16.1 Å². The van der Waals surface area contributed by atoms with E-state index in [0.717, 1.165) is 16.7 Å². The van der Waals surface area contributed by atoms with E-state index in [1.165, 1.54) is 12.1 Å². The molecule has 1 N–H and O–H groups in total.